The standard InChI is InChI=1S/C21H20N2O3/c1-14(22-13-15-8-4-3-5-9-15)12-18(24)19-20(25)16-10-6-7-11-17(16)23(2)21(19)26/h3-12,22,25H,13H2,1-2H3/b14-12+. The molecule has 3 aromatic rings. The fourth-order valence-electron chi connectivity index (χ4n) is 2.86. The van der Waals surface area contributed by atoms with Crippen LogP contribution in [0.15, 0.2) is 71.2 Å². The van der Waals surface area contributed by atoms with Crippen LogP contribution < -0.4 is 10.9 Å². The molecule has 0 radical (unpaired) electrons. The molecule has 2 N–H and O–H groups in total. The van der Waals surface area contributed by atoms with Crippen LogP contribution in [0.1, 0.15) is 22.8 Å². The van der Waals surface area contributed by atoms with Crippen LogP contribution in [0.4, 0.5) is 0 Å². The van der Waals surface area contributed by atoms with E-state index in [2.05, 4.69) is 5.32 Å². The van der Waals surface area contributed by atoms with Crippen LogP contribution in [0.25, 0.3) is 10.9 Å². The van der Waals surface area contributed by atoms with Crippen molar-refractivity contribution < 1.29 is 9.90 Å². The molecule has 2 aromatic carbocycles. The Morgan fingerprint density at radius 3 is 2.50 bits per heavy atom. The number of benzene rings is 2. The average molecular weight is 348 g/mol. The summed E-state index contributed by atoms with van der Waals surface area (Å²) in [7, 11) is 1.59. The first-order valence-corrected chi connectivity index (χ1v) is 8.30. The Kier molecular flexibility index (Phi) is 4.89. The molecule has 0 saturated carbocycles. The first-order chi connectivity index (χ1) is 12.5. The van der Waals surface area contributed by atoms with E-state index in [9.17, 15) is 14.7 Å². The largest absolute Gasteiger partial charge is 0.506 e. The number of ketones is 1. The third kappa shape index (κ3) is 3.37. The summed E-state index contributed by atoms with van der Waals surface area (Å²) in [5.74, 6) is -0.798. The molecule has 0 saturated heterocycles. The smallest absolute Gasteiger partial charge is 0.265 e. The highest BCUT2D eigenvalue weighted by Crippen LogP contribution is 2.26. The van der Waals surface area contributed by atoms with Gasteiger partial charge in [-0.1, -0.05) is 42.5 Å². The fraction of sp³-hybridized carbons (Fsp3) is 0.143. The van der Waals surface area contributed by atoms with Crippen molar-refractivity contribution in [1.82, 2.24) is 9.88 Å². The second-order valence-corrected chi connectivity index (χ2v) is 6.14. The molecule has 0 fully saturated rings. The van der Waals surface area contributed by atoms with Gasteiger partial charge in [0.25, 0.3) is 5.56 Å². The summed E-state index contributed by atoms with van der Waals surface area (Å²) in [6, 6.07) is 16.7. The summed E-state index contributed by atoms with van der Waals surface area (Å²) < 4.78 is 1.38. The number of para-hydroxylation sites is 1. The Labute approximate surface area is 151 Å². The summed E-state index contributed by atoms with van der Waals surface area (Å²) in [6.45, 7) is 2.32. The molecule has 0 aliphatic carbocycles. The number of aromatic hydroxyl groups is 1. The highest BCUT2D eigenvalue weighted by Gasteiger charge is 2.19. The lowest BCUT2D eigenvalue weighted by Gasteiger charge is -2.11. The van der Waals surface area contributed by atoms with E-state index in [-0.39, 0.29) is 11.3 Å². The summed E-state index contributed by atoms with van der Waals surface area (Å²) in [4.78, 5) is 25.2. The Balaban J connectivity index is 1.91. The number of aryl methyl sites for hydroxylation is 1. The molecule has 0 unspecified atom stereocenters. The second kappa shape index (κ2) is 7.27. The van der Waals surface area contributed by atoms with Gasteiger partial charge in [-0.2, -0.15) is 0 Å². The SMILES string of the molecule is C/C(=C\C(=O)c1c(O)c2ccccc2n(C)c1=O)NCc1ccccc1. The Hall–Kier alpha value is -3.34. The molecule has 0 aliphatic rings. The average Bonchev–Trinajstić information content (AvgIpc) is 2.65. The van der Waals surface area contributed by atoms with Crippen molar-refractivity contribution in [2.75, 3.05) is 0 Å². The molecule has 1 heterocycles. The number of allylic oxidation sites excluding steroid dienone is 2. The van der Waals surface area contributed by atoms with Crippen LogP contribution in [0.3, 0.4) is 0 Å². The van der Waals surface area contributed by atoms with E-state index >= 15 is 0 Å². The minimum atomic E-state index is -0.521. The van der Waals surface area contributed by atoms with E-state index in [0.717, 1.165) is 5.56 Å². The van der Waals surface area contributed by atoms with Gasteiger partial charge in [0.05, 0.1) is 5.52 Å². The molecule has 5 nitrogen and oxygen atoms in total. The summed E-state index contributed by atoms with van der Waals surface area (Å²) in [6.07, 6.45) is 1.34. The zero-order chi connectivity index (χ0) is 18.7. The van der Waals surface area contributed by atoms with Gasteiger partial charge in [0.2, 0.25) is 0 Å². The van der Waals surface area contributed by atoms with Crippen molar-refractivity contribution >= 4 is 16.7 Å². The van der Waals surface area contributed by atoms with Gasteiger partial charge in [0.1, 0.15) is 11.3 Å². The molecule has 132 valence electrons. The van der Waals surface area contributed by atoms with Gasteiger partial charge in [0, 0.05) is 30.8 Å². The van der Waals surface area contributed by atoms with Gasteiger partial charge in [-0.25, -0.2) is 0 Å². The molecule has 1 aromatic heterocycles. The van der Waals surface area contributed by atoms with Crippen molar-refractivity contribution in [3.05, 3.63) is 87.9 Å². The van der Waals surface area contributed by atoms with E-state index in [1.165, 1.54) is 10.6 Å². The Morgan fingerprint density at radius 2 is 1.77 bits per heavy atom. The van der Waals surface area contributed by atoms with E-state index in [4.69, 9.17) is 0 Å². The zero-order valence-electron chi connectivity index (χ0n) is 14.7. The molecule has 0 bridgehead atoms. The lowest BCUT2D eigenvalue weighted by Crippen LogP contribution is -2.24. The lowest BCUT2D eigenvalue weighted by atomic mass is 10.1. The minimum absolute atomic E-state index is 0.216. The van der Waals surface area contributed by atoms with Crippen molar-refractivity contribution in [2.45, 2.75) is 13.5 Å². The minimum Gasteiger partial charge on any atom is -0.506 e. The molecule has 26 heavy (non-hydrogen) atoms. The van der Waals surface area contributed by atoms with Gasteiger partial charge in [-0.15, -0.1) is 0 Å². The van der Waals surface area contributed by atoms with E-state index in [1.807, 2.05) is 30.3 Å². The molecule has 5 heteroatoms. The van der Waals surface area contributed by atoms with Crippen LogP contribution in [-0.2, 0) is 13.6 Å². The number of hydrogen-bond donors (Lipinski definition) is 2. The third-order valence-electron chi connectivity index (χ3n) is 4.28. The summed E-state index contributed by atoms with van der Waals surface area (Å²) in [5.41, 5.74) is 1.55. The fourth-order valence-corrected chi connectivity index (χ4v) is 2.86. The number of hydrogen-bond acceptors (Lipinski definition) is 4. The maximum absolute atomic E-state index is 12.6. The molecule has 0 aliphatic heterocycles. The van der Waals surface area contributed by atoms with Crippen molar-refractivity contribution in [2.24, 2.45) is 7.05 Å². The number of nitrogens with one attached hydrogen (secondary N) is 1. The Morgan fingerprint density at radius 1 is 1.12 bits per heavy atom. The van der Waals surface area contributed by atoms with Gasteiger partial charge in [0.15, 0.2) is 5.78 Å². The number of rotatable bonds is 5. The maximum atomic E-state index is 12.6. The van der Waals surface area contributed by atoms with E-state index < -0.39 is 11.3 Å². The van der Waals surface area contributed by atoms with Crippen LogP contribution in [0.5, 0.6) is 5.75 Å². The first kappa shape index (κ1) is 17.5. The summed E-state index contributed by atoms with van der Waals surface area (Å²) >= 11 is 0. The summed E-state index contributed by atoms with van der Waals surface area (Å²) in [5, 5.41) is 14.1. The predicted octanol–water partition coefficient (Wildman–Crippen LogP) is 3.12. The van der Waals surface area contributed by atoms with Crippen molar-refractivity contribution in [3.8, 4) is 5.75 Å². The molecule has 0 amide bonds. The third-order valence-corrected chi connectivity index (χ3v) is 4.28. The van der Waals surface area contributed by atoms with Gasteiger partial charge in [-0.05, 0) is 24.6 Å². The zero-order valence-corrected chi connectivity index (χ0v) is 14.7. The number of carbonyl (C=O) groups is 1. The maximum Gasteiger partial charge on any atom is 0.265 e. The predicted molar refractivity (Wildman–Crippen MR) is 102 cm³/mol. The lowest BCUT2D eigenvalue weighted by molar-refractivity contribution is 0.104. The second-order valence-electron chi connectivity index (χ2n) is 6.14. The van der Waals surface area contributed by atoms with Crippen molar-refractivity contribution in [1.29, 1.82) is 0 Å². The molecule has 0 atom stereocenters. The van der Waals surface area contributed by atoms with Crippen LogP contribution in [-0.4, -0.2) is 15.5 Å². The number of aromatic nitrogens is 1. The highest BCUT2D eigenvalue weighted by atomic mass is 16.3. The topological polar surface area (TPSA) is 71.3 Å². The highest BCUT2D eigenvalue weighted by molar-refractivity contribution is 6.09. The van der Waals surface area contributed by atoms with Gasteiger partial charge in [-0.3, -0.25) is 9.59 Å². The number of fused-ring (bicyclic) bond motifs is 1. The van der Waals surface area contributed by atoms with E-state index in [0.29, 0.717) is 23.1 Å². The monoisotopic (exact) mass is 348 g/mol. The molecule has 0 spiro atoms. The van der Waals surface area contributed by atoms with Gasteiger partial charge >= 0.3 is 0 Å². The van der Waals surface area contributed by atoms with Crippen LogP contribution in [0, 0.1) is 0 Å². The van der Waals surface area contributed by atoms with Crippen LogP contribution in [0.2, 0.25) is 0 Å². The van der Waals surface area contributed by atoms with E-state index in [1.54, 1.807) is 38.2 Å². The van der Waals surface area contributed by atoms with Crippen LogP contribution >= 0.6 is 0 Å². The number of nitrogens with zero attached hydrogens (tertiary/aromatic N) is 1. The van der Waals surface area contributed by atoms with Crippen molar-refractivity contribution in [3.63, 3.8) is 0 Å². The normalized spacial score (nSPS) is 11.5. The molecular formula is C21H20N2O3. The molecule has 3 rings (SSSR count). The molecular weight excluding hydrogens is 328 g/mol. The quantitative estimate of drug-likeness (QED) is 0.549. The first-order valence-electron chi connectivity index (χ1n) is 8.30. The number of pyridine rings is 1. The number of carbonyl (C=O) groups excluding carboxylic acids is 1. The van der Waals surface area contributed by atoms with Gasteiger partial charge < -0.3 is 15.0 Å². The Bertz CT molecular complexity index is 1050.